The van der Waals surface area contributed by atoms with Crippen LogP contribution in [-0.2, 0) is 4.84 Å². The molecule has 0 saturated carbocycles. The maximum absolute atomic E-state index is 14.2. The van der Waals surface area contributed by atoms with Crippen molar-refractivity contribution >= 4 is 51.2 Å². The number of nitrogens with zero attached hydrogens (tertiary/aromatic N) is 2. The number of aromatic nitrogens is 2. The molecule has 4 N–H and O–H groups in total. The zero-order valence-electron chi connectivity index (χ0n) is 14.1. The van der Waals surface area contributed by atoms with Crippen molar-refractivity contribution in [1.29, 1.82) is 0 Å². The SMILES string of the molecule is O=C(NOC[C@H](O)CO)Oc1oc2ncncc2c1Nc1ccc(I)cc1F. The summed E-state index contributed by atoms with van der Waals surface area (Å²) in [5.41, 5.74) is 2.30. The largest absolute Gasteiger partial charge is 0.439 e. The molecule has 0 aliphatic carbocycles. The van der Waals surface area contributed by atoms with E-state index in [1.165, 1.54) is 24.7 Å². The van der Waals surface area contributed by atoms with Crippen molar-refractivity contribution in [2.45, 2.75) is 6.10 Å². The van der Waals surface area contributed by atoms with Crippen LogP contribution in [0, 0.1) is 9.39 Å². The fourth-order valence-electron chi connectivity index (χ4n) is 2.09. The van der Waals surface area contributed by atoms with Gasteiger partial charge in [0.05, 0.1) is 17.7 Å². The van der Waals surface area contributed by atoms with Crippen LogP contribution < -0.4 is 15.5 Å². The molecule has 0 bridgehead atoms. The zero-order valence-corrected chi connectivity index (χ0v) is 16.2. The van der Waals surface area contributed by atoms with Gasteiger partial charge in [-0.3, -0.25) is 4.84 Å². The van der Waals surface area contributed by atoms with E-state index in [4.69, 9.17) is 24.2 Å². The number of nitrogens with one attached hydrogen (secondary N) is 2. The first-order valence-corrected chi connectivity index (χ1v) is 8.89. The molecule has 28 heavy (non-hydrogen) atoms. The number of furan rings is 1. The average molecular weight is 504 g/mol. The summed E-state index contributed by atoms with van der Waals surface area (Å²) < 4.78 is 25.3. The van der Waals surface area contributed by atoms with Crippen molar-refractivity contribution < 1.29 is 33.4 Å². The number of fused-ring (bicyclic) bond motifs is 1. The highest BCUT2D eigenvalue weighted by Crippen LogP contribution is 2.38. The molecule has 2 aromatic heterocycles. The Hall–Kier alpha value is -2.55. The van der Waals surface area contributed by atoms with E-state index in [1.807, 2.05) is 28.1 Å². The van der Waals surface area contributed by atoms with Gasteiger partial charge in [0.2, 0.25) is 5.71 Å². The number of aliphatic hydroxyl groups is 2. The van der Waals surface area contributed by atoms with E-state index in [1.54, 1.807) is 6.07 Å². The summed E-state index contributed by atoms with van der Waals surface area (Å²) in [6, 6.07) is 4.54. The molecule has 10 nitrogen and oxygen atoms in total. The Morgan fingerprint density at radius 1 is 1.43 bits per heavy atom. The Labute approximate surface area is 170 Å². The number of carbonyl (C=O) groups excluding carboxylic acids is 1. The Morgan fingerprint density at radius 2 is 2.25 bits per heavy atom. The fraction of sp³-hybridized carbons (Fsp3) is 0.188. The lowest BCUT2D eigenvalue weighted by atomic mass is 10.2. The Kier molecular flexibility index (Phi) is 6.56. The molecule has 0 radical (unpaired) electrons. The second-order valence-electron chi connectivity index (χ2n) is 5.39. The monoisotopic (exact) mass is 504 g/mol. The van der Waals surface area contributed by atoms with Crippen LogP contribution in [-0.4, -0.2) is 45.6 Å². The van der Waals surface area contributed by atoms with Gasteiger partial charge in [-0.25, -0.2) is 19.2 Å². The van der Waals surface area contributed by atoms with Crippen LogP contribution in [0.25, 0.3) is 11.1 Å². The fourth-order valence-corrected chi connectivity index (χ4v) is 2.54. The summed E-state index contributed by atoms with van der Waals surface area (Å²) in [6.45, 7) is -0.884. The lowest BCUT2D eigenvalue weighted by Gasteiger charge is -2.10. The van der Waals surface area contributed by atoms with Crippen molar-refractivity contribution in [2.75, 3.05) is 18.5 Å². The van der Waals surface area contributed by atoms with E-state index in [0.29, 0.717) is 8.96 Å². The first-order valence-electron chi connectivity index (χ1n) is 7.81. The minimum absolute atomic E-state index is 0.114. The molecule has 0 aliphatic rings. The lowest BCUT2D eigenvalue weighted by Crippen LogP contribution is -2.31. The minimum Gasteiger partial charge on any atom is -0.404 e. The smallest absolute Gasteiger partial charge is 0.404 e. The number of aliphatic hydroxyl groups excluding tert-OH is 2. The molecule has 0 saturated heterocycles. The minimum atomic E-state index is -1.16. The van der Waals surface area contributed by atoms with Crippen LogP contribution in [0.15, 0.2) is 35.1 Å². The van der Waals surface area contributed by atoms with Crippen LogP contribution in [0.3, 0.4) is 0 Å². The van der Waals surface area contributed by atoms with Crippen LogP contribution in [0.1, 0.15) is 0 Å². The molecule has 3 aromatic rings. The van der Waals surface area contributed by atoms with E-state index in [-0.39, 0.29) is 29.6 Å². The maximum atomic E-state index is 14.2. The zero-order chi connectivity index (χ0) is 20.1. The standard InChI is InChI=1S/C16H14FIN4O6/c17-11-3-8(18)1-2-12(11)21-13-10-4-19-7-20-14(10)27-15(13)28-16(25)22-26-6-9(24)5-23/h1-4,7,9,21,23-24H,5-6H2,(H,22,25)/t9-/m1/s1. The molecule has 3 rings (SSSR count). The summed E-state index contributed by atoms with van der Waals surface area (Å²) >= 11 is 1.98. The van der Waals surface area contributed by atoms with E-state index < -0.39 is 24.6 Å². The van der Waals surface area contributed by atoms with E-state index in [0.717, 1.165) is 0 Å². The summed E-state index contributed by atoms with van der Waals surface area (Å²) in [5, 5.41) is 21.0. The predicted molar refractivity (Wildman–Crippen MR) is 102 cm³/mol. The number of hydrogen-bond acceptors (Lipinski definition) is 9. The Bertz CT molecular complexity index is 985. The van der Waals surface area contributed by atoms with Crippen LogP contribution >= 0.6 is 22.6 Å². The summed E-state index contributed by atoms with van der Waals surface area (Å²) in [4.78, 5) is 24.4. The molecule has 1 atom stereocenters. The van der Waals surface area contributed by atoms with Gasteiger partial charge in [0.1, 0.15) is 30.5 Å². The number of benzene rings is 1. The summed E-state index contributed by atoms with van der Waals surface area (Å²) in [6.07, 6.45) is 0.424. The van der Waals surface area contributed by atoms with Crippen molar-refractivity contribution in [3.05, 3.63) is 40.1 Å². The molecule has 0 spiro atoms. The molecule has 12 heteroatoms. The molecule has 0 unspecified atom stereocenters. The van der Waals surface area contributed by atoms with Crippen molar-refractivity contribution in [3.8, 4) is 5.95 Å². The average Bonchev–Trinajstić information content (AvgIpc) is 3.00. The Balaban J connectivity index is 1.82. The van der Waals surface area contributed by atoms with Crippen LogP contribution in [0.2, 0.25) is 0 Å². The number of rotatable bonds is 7. The molecule has 0 fully saturated rings. The van der Waals surface area contributed by atoms with Gasteiger partial charge in [-0.1, -0.05) is 0 Å². The number of hydroxylamine groups is 1. The highest BCUT2D eigenvalue weighted by molar-refractivity contribution is 14.1. The van der Waals surface area contributed by atoms with Gasteiger partial charge in [0.25, 0.3) is 0 Å². The van der Waals surface area contributed by atoms with Gasteiger partial charge >= 0.3 is 12.0 Å². The highest BCUT2D eigenvalue weighted by Gasteiger charge is 2.21. The van der Waals surface area contributed by atoms with Gasteiger partial charge in [0.15, 0.2) is 0 Å². The highest BCUT2D eigenvalue weighted by atomic mass is 127. The normalized spacial score (nSPS) is 12.0. The van der Waals surface area contributed by atoms with Crippen LogP contribution in [0.5, 0.6) is 5.95 Å². The maximum Gasteiger partial charge on any atom is 0.439 e. The number of ether oxygens (including phenoxy) is 1. The van der Waals surface area contributed by atoms with Gasteiger partial charge in [-0.15, -0.1) is 0 Å². The quantitative estimate of drug-likeness (QED) is 0.281. The number of anilines is 2. The number of carbonyl (C=O) groups is 1. The van der Waals surface area contributed by atoms with Gasteiger partial charge < -0.3 is 24.7 Å². The number of hydrogen-bond donors (Lipinski definition) is 4. The third-order valence-electron chi connectivity index (χ3n) is 3.36. The molecule has 148 valence electrons. The number of halogens is 2. The van der Waals surface area contributed by atoms with E-state index in [2.05, 4.69) is 15.3 Å². The first kappa shape index (κ1) is 20.2. The van der Waals surface area contributed by atoms with Crippen LogP contribution in [0.4, 0.5) is 20.6 Å². The molecule has 2 heterocycles. The van der Waals surface area contributed by atoms with E-state index in [9.17, 15) is 9.18 Å². The molecule has 1 amide bonds. The van der Waals surface area contributed by atoms with Gasteiger partial charge in [0, 0.05) is 9.77 Å². The molecule has 0 aliphatic heterocycles. The van der Waals surface area contributed by atoms with Crippen molar-refractivity contribution in [1.82, 2.24) is 15.4 Å². The topological polar surface area (TPSA) is 139 Å². The third kappa shape index (κ3) is 4.83. The van der Waals surface area contributed by atoms with E-state index >= 15 is 0 Å². The lowest BCUT2D eigenvalue weighted by molar-refractivity contribution is -0.0297. The third-order valence-corrected chi connectivity index (χ3v) is 4.03. The van der Waals surface area contributed by atoms with Crippen molar-refractivity contribution in [2.24, 2.45) is 0 Å². The van der Waals surface area contributed by atoms with Gasteiger partial charge in [-0.05, 0) is 40.8 Å². The predicted octanol–water partition coefficient (Wildman–Crippen LogP) is 2.08. The van der Waals surface area contributed by atoms with Crippen molar-refractivity contribution in [3.63, 3.8) is 0 Å². The molecular weight excluding hydrogens is 490 g/mol. The summed E-state index contributed by atoms with van der Waals surface area (Å²) in [5.74, 6) is -0.813. The first-order chi connectivity index (χ1) is 13.5. The second kappa shape index (κ2) is 9.09. The second-order valence-corrected chi connectivity index (χ2v) is 6.64. The summed E-state index contributed by atoms with van der Waals surface area (Å²) in [7, 11) is 0. The van der Waals surface area contributed by atoms with Gasteiger partial charge in [-0.2, -0.15) is 5.48 Å². The molecule has 1 aromatic carbocycles. The number of amides is 1. The Morgan fingerprint density at radius 3 is 3.00 bits per heavy atom. The molecular formula is C16H14FIN4O6.